The Morgan fingerprint density at radius 3 is 2.56 bits per heavy atom. The van der Waals surface area contributed by atoms with Crippen molar-refractivity contribution in [1.82, 2.24) is 14.8 Å². The predicted molar refractivity (Wildman–Crippen MR) is 105 cm³/mol. The highest BCUT2D eigenvalue weighted by Crippen LogP contribution is 2.26. The topological polar surface area (TPSA) is 53.5 Å². The molecule has 2 aromatic rings. The van der Waals surface area contributed by atoms with Gasteiger partial charge in [0.15, 0.2) is 0 Å². The fraction of sp³-hybridized carbons (Fsp3) is 0.389. The van der Waals surface area contributed by atoms with E-state index in [2.05, 4.69) is 20.9 Å². The second-order valence-electron chi connectivity index (χ2n) is 5.65. The van der Waals surface area contributed by atoms with Gasteiger partial charge in [-0.25, -0.2) is 4.98 Å². The van der Waals surface area contributed by atoms with Gasteiger partial charge in [-0.3, -0.25) is 9.59 Å². The third-order valence-corrected chi connectivity index (χ3v) is 5.30. The normalized spacial score (nSPS) is 10.6. The molecule has 0 saturated carbocycles. The number of benzene rings is 1. The van der Waals surface area contributed by atoms with Gasteiger partial charge in [0.2, 0.25) is 11.8 Å². The van der Waals surface area contributed by atoms with Crippen LogP contribution < -0.4 is 0 Å². The van der Waals surface area contributed by atoms with Gasteiger partial charge in [0.25, 0.3) is 0 Å². The standard InChI is InChI=1S/C18H22BrN3O2S/c1-4-22(5-2)17(24)11-21(3)16(23)10-15-12-25-18(20-15)13-7-6-8-14(19)9-13/h6-9,12H,4-5,10-11H2,1-3H3. The highest BCUT2D eigenvalue weighted by atomic mass is 79.9. The summed E-state index contributed by atoms with van der Waals surface area (Å²) < 4.78 is 0.993. The maximum atomic E-state index is 12.4. The number of hydrogen-bond acceptors (Lipinski definition) is 4. The fourth-order valence-electron chi connectivity index (χ4n) is 2.40. The lowest BCUT2D eigenvalue weighted by molar-refractivity contribution is -0.138. The highest BCUT2D eigenvalue weighted by molar-refractivity contribution is 9.10. The third-order valence-electron chi connectivity index (χ3n) is 3.87. The molecule has 0 spiro atoms. The van der Waals surface area contributed by atoms with Crippen molar-refractivity contribution in [1.29, 1.82) is 0 Å². The van der Waals surface area contributed by atoms with E-state index in [4.69, 9.17) is 0 Å². The van der Waals surface area contributed by atoms with Crippen molar-refractivity contribution in [2.24, 2.45) is 0 Å². The lowest BCUT2D eigenvalue weighted by Crippen LogP contribution is -2.41. The smallest absolute Gasteiger partial charge is 0.242 e. The number of carbonyl (C=O) groups excluding carboxylic acids is 2. The average molecular weight is 424 g/mol. The number of nitrogens with zero attached hydrogens (tertiary/aromatic N) is 3. The summed E-state index contributed by atoms with van der Waals surface area (Å²) in [7, 11) is 1.66. The van der Waals surface area contributed by atoms with E-state index in [0.717, 1.165) is 20.7 Å². The van der Waals surface area contributed by atoms with E-state index in [1.54, 1.807) is 11.9 Å². The summed E-state index contributed by atoms with van der Waals surface area (Å²) >= 11 is 4.97. The van der Waals surface area contributed by atoms with Crippen molar-refractivity contribution < 1.29 is 9.59 Å². The Balaban J connectivity index is 1.98. The molecule has 134 valence electrons. The second-order valence-corrected chi connectivity index (χ2v) is 7.42. The van der Waals surface area contributed by atoms with Gasteiger partial charge in [0, 0.05) is 35.6 Å². The highest BCUT2D eigenvalue weighted by Gasteiger charge is 2.18. The minimum absolute atomic E-state index is 0.0334. The number of hydrogen-bond donors (Lipinski definition) is 0. The molecule has 0 saturated heterocycles. The van der Waals surface area contributed by atoms with Crippen LogP contribution in [0.15, 0.2) is 34.1 Å². The van der Waals surface area contributed by atoms with E-state index in [9.17, 15) is 9.59 Å². The molecule has 0 bridgehead atoms. The van der Waals surface area contributed by atoms with Gasteiger partial charge in [0.05, 0.1) is 18.7 Å². The largest absolute Gasteiger partial charge is 0.342 e. The fourth-order valence-corrected chi connectivity index (χ4v) is 3.62. The third kappa shape index (κ3) is 5.37. The van der Waals surface area contributed by atoms with Crippen molar-refractivity contribution in [3.05, 3.63) is 39.8 Å². The maximum Gasteiger partial charge on any atom is 0.242 e. The number of halogens is 1. The summed E-state index contributed by atoms with van der Waals surface area (Å²) in [6, 6.07) is 7.91. The zero-order valence-electron chi connectivity index (χ0n) is 14.7. The van der Waals surface area contributed by atoms with Crippen molar-refractivity contribution in [2.45, 2.75) is 20.3 Å². The van der Waals surface area contributed by atoms with Gasteiger partial charge >= 0.3 is 0 Å². The average Bonchev–Trinajstić information content (AvgIpc) is 3.04. The summed E-state index contributed by atoms with van der Waals surface area (Å²) in [5, 5.41) is 2.78. The van der Waals surface area contributed by atoms with Crippen molar-refractivity contribution in [3.8, 4) is 10.6 Å². The first kappa shape index (κ1) is 19.6. The predicted octanol–water partition coefficient (Wildman–Crippen LogP) is 3.44. The van der Waals surface area contributed by atoms with Crippen LogP contribution in [0.5, 0.6) is 0 Å². The lowest BCUT2D eigenvalue weighted by atomic mass is 10.2. The monoisotopic (exact) mass is 423 g/mol. The zero-order chi connectivity index (χ0) is 18.4. The van der Waals surface area contributed by atoms with Gasteiger partial charge < -0.3 is 9.80 Å². The van der Waals surface area contributed by atoms with E-state index in [0.29, 0.717) is 13.1 Å². The van der Waals surface area contributed by atoms with Crippen LogP contribution >= 0.6 is 27.3 Å². The number of rotatable bonds is 7. The van der Waals surface area contributed by atoms with Crippen molar-refractivity contribution >= 4 is 39.1 Å². The van der Waals surface area contributed by atoms with Gasteiger partial charge in [-0.1, -0.05) is 28.1 Å². The van der Waals surface area contributed by atoms with Crippen molar-refractivity contribution in [2.75, 3.05) is 26.7 Å². The molecule has 0 atom stereocenters. The molecule has 0 N–H and O–H groups in total. The number of carbonyl (C=O) groups is 2. The van der Waals surface area contributed by atoms with Crippen LogP contribution in [-0.4, -0.2) is 53.3 Å². The van der Waals surface area contributed by atoms with E-state index < -0.39 is 0 Å². The first-order chi connectivity index (χ1) is 11.9. The zero-order valence-corrected chi connectivity index (χ0v) is 17.1. The van der Waals surface area contributed by atoms with Crippen molar-refractivity contribution in [3.63, 3.8) is 0 Å². The number of amides is 2. The quantitative estimate of drug-likeness (QED) is 0.684. The molecule has 0 unspecified atom stereocenters. The van der Waals surface area contributed by atoms with Gasteiger partial charge in [-0.15, -0.1) is 11.3 Å². The Kier molecular flexibility index (Phi) is 7.13. The van der Waals surface area contributed by atoms with Crippen LogP contribution in [-0.2, 0) is 16.0 Å². The summed E-state index contributed by atoms with van der Waals surface area (Å²) in [5.41, 5.74) is 1.75. The minimum Gasteiger partial charge on any atom is -0.342 e. The molecule has 0 aliphatic carbocycles. The molecule has 0 aliphatic rings. The Labute approximate surface area is 160 Å². The number of thiazole rings is 1. The summed E-state index contributed by atoms with van der Waals surface area (Å²) in [4.78, 5) is 32.2. The van der Waals surface area contributed by atoms with Crippen LogP contribution in [0.4, 0.5) is 0 Å². The van der Waals surface area contributed by atoms with Gasteiger partial charge in [-0.2, -0.15) is 0 Å². The van der Waals surface area contributed by atoms with E-state index in [1.165, 1.54) is 16.2 Å². The summed E-state index contributed by atoms with van der Waals surface area (Å²) in [6.45, 7) is 5.27. The number of likely N-dealkylation sites (N-methyl/N-ethyl adjacent to an activating group) is 2. The number of aromatic nitrogens is 1. The molecular weight excluding hydrogens is 402 g/mol. The van der Waals surface area contributed by atoms with Crippen LogP contribution in [0.2, 0.25) is 0 Å². The molecule has 25 heavy (non-hydrogen) atoms. The van der Waals surface area contributed by atoms with E-state index in [-0.39, 0.29) is 24.8 Å². The summed E-state index contributed by atoms with van der Waals surface area (Å²) in [5.74, 6) is -0.138. The summed E-state index contributed by atoms with van der Waals surface area (Å²) in [6.07, 6.45) is 0.201. The van der Waals surface area contributed by atoms with Gasteiger partial charge in [0.1, 0.15) is 5.01 Å². The Morgan fingerprint density at radius 1 is 1.20 bits per heavy atom. The van der Waals surface area contributed by atoms with E-state index >= 15 is 0 Å². The first-order valence-corrected chi connectivity index (χ1v) is 9.83. The molecule has 0 aliphatic heterocycles. The Bertz CT molecular complexity index is 743. The second kappa shape index (κ2) is 9.10. The molecular formula is C18H22BrN3O2S. The van der Waals surface area contributed by atoms with E-state index in [1.807, 2.05) is 43.5 Å². The molecule has 2 rings (SSSR count). The van der Waals surface area contributed by atoms with Crippen LogP contribution in [0.1, 0.15) is 19.5 Å². The minimum atomic E-state index is -0.105. The molecule has 0 radical (unpaired) electrons. The SMILES string of the molecule is CCN(CC)C(=O)CN(C)C(=O)Cc1csc(-c2cccc(Br)c2)n1. The molecule has 1 heterocycles. The molecule has 5 nitrogen and oxygen atoms in total. The molecule has 1 aromatic heterocycles. The van der Waals surface area contributed by atoms with Crippen LogP contribution in [0.3, 0.4) is 0 Å². The molecule has 2 amide bonds. The Hall–Kier alpha value is -1.73. The maximum absolute atomic E-state index is 12.4. The Morgan fingerprint density at radius 2 is 1.92 bits per heavy atom. The lowest BCUT2D eigenvalue weighted by Gasteiger charge is -2.23. The van der Waals surface area contributed by atoms with Crippen LogP contribution in [0.25, 0.3) is 10.6 Å². The molecule has 7 heteroatoms. The molecule has 0 fully saturated rings. The van der Waals surface area contributed by atoms with Gasteiger partial charge in [-0.05, 0) is 26.0 Å². The van der Waals surface area contributed by atoms with Crippen LogP contribution in [0, 0.1) is 0 Å². The first-order valence-electron chi connectivity index (χ1n) is 8.16. The molecule has 1 aromatic carbocycles.